The molecular weight excluding hydrogens is 236 g/mol. The maximum absolute atomic E-state index is 12.5. The van der Waals surface area contributed by atoms with E-state index in [9.17, 15) is 4.79 Å². The fourth-order valence-electron chi connectivity index (χ4n) is 4.54. The first kappa shape index (κ1) is 13.4. The molecule has 0 aromatic heterocycles. The van der Waals surface area contributed by atoms with E-state index in [2.05, 4.69) is 24.5 Å². The molecule has 0 radical (unpaired) electrons. The average molecular weight is 264 g/mol. The maximum atomic E-state index is 12.5. The molecule has 1 amide bonds. The standard InChI is InChI=1S/C16H28N2O/c1-10(2)12-5-3-4-6-14(12)18-16(19)13-9-11-7-8-15(13)17-11/h10-15,17H,3-9H2,1-2H3,(H,18,19). The Morgan fingerprint density at radius 1 is 1.16 bits per heavy atom. The lowest BCUT2D eigenvalue weighted by Crippen LogP contribution is -2.48. The minimum absolute atomic E-state index is 0.244. The van der Waals surface area contributed by atoms with Gasteiger partial charge in [-0.05, 0) is 43.9 Å². The zero-order valence-corrected chi connectivity index (χ0v) is 12.3. The molecule has 2 saturated heterocycles. The highest BCUT2D eigenvalue weighted by Gasteiger charge is 2.43. The number of carbonyl (C=O) groups is 1. The molecule has 1 saturated carbocycles. The van der Waals surface area contributed by atoms with Crippen molar-refractivity contribution in [3.05, 3.63) is 0 Å². The predicted molar refractivity (Wildman–Crippen MR) is 76.8 cm³/mol. The number of fused-ring (bicyclic) bond motifs is 2. The minimum atomic E-state index is 0.244. The van der Waals surface area contributed by atoms with Crippen LogP contribution >= 0.6 is 0 Å². The van der Waals surface area contributed by atoms with E-state index in [0.717, 1.165) is 6.42 Å². The van der Waals surface area contributed by atoms with Gasteiger partial charge in [-0.15, -0.1) is 0 Å². The maximum Gasteiger partial charge on any atom is 0.224 e. The SMILES string of the molecule is CC(C)C1CCCCC1NC(=O)C1CC2CCC1N2. The molecule has 3 fully saturated rings. The summed E-state index contributed by atoms with van der Waals surface area (Å²) in [6, 6.07) is 1.51. The van der Waals surface area contributed by atoms with Crippen molar-refractivity contribution in [3.63, 3.8) is 0 Å². The number of amides is 1. The van der Waals surface area contributed by atoms with E-state index in [-0.39, 0.29) is 5.92 Å². The van der Waals surface area contributed by atoms with E-state index in [4.69, 9.17) is 0 Å². The van der Waals surface area contributed by atoms with Crippen LogP contribution in [-0.2, 0) is 4.79 Å². The average Bonchev–Trinajstić information content (AvgIpc) is 3.01. The van der Waals surface area contributed by atoms with Crippen LogP contribution in [0.3, 0.4) is 0 Å². The van der Waals surface area contributed by atoms with Crippen molar-refractivity contribution in [2.24, 2.45) is 17.8 Å². The first-order valence-corrected chi connectivity index (χ1v) is 8.21. The van der Waals surface area contributed by atoms with Gasteiger partial charge in [-0.3, -0.25) is 4.79 Å². The Kier molecular flexibility index (Phi) is 3.84. The molecule has 3 aliphatic rings. The minimum Gasteiger partial charge on any atom is -0.353 e. The van der Waals surface area contributed by atoms with Crippen LogP contribution < -0.4 is 10.6 Å². The van der Waals surface area contributed by atoms with Crippen molar-refractivity contribution >= 4 is 5.91 Å². The quantitative estimate of drug-likeness (QED) is 0.822. The molecule has 108 valence electrons. The van der Waals surface area contributed by atoms with E-state index >= 15 is 0 Å². The number of hydrogen-bond donors (Lipinski definition) is 2. The Balaban J connectivity index is 1.59. The van der Waals surface area contributed by atoms with Crippen LogP contribution in [0.5, 0.6) is 0 Å². The summed E-state index contributed by atoms with van der Waals surface area (Å²) in [6.07, 6.45) is 8.62. The summed E-state index contributed by atoms with van der Waals surface area (Å²) in [5.41, 5.74) is 0. The van der Waals surface area contributed by atoms with Gasteiger partial charge < -0.3 is 10.6 Å². The van der Waals surface area contributed by atoms with Gasteiger partial charge >= 0.3 is 0 Å². The number of rotatable bonds is 3. The normalized spacial score (nSPS) is 41.7. The monoisotopic (exact) mass is 264 g/mol. The van der Waals surface area contributed by atoms with Gasteiger partial charge in [-0.25, -0.2) is 0 Å². The number of hydrogen-bond acceptors (Lipinski definition) is 2. The van der Waals surface area contributed by atoms with E-state index in [0.29, 0.717) is 35.9 Å². The molecule has 0 aromatic rings. The zero-order chi connectivity index (χ0) is 13.4. The zero-order valence-electron chi connectivity index (χ0n) is 12.3. The largest absolute Gasteiger partial charge is 0.353 e. The van der Waals surface area contributed by atoms with Crippen LogP contribution in [0, 0.1) is 17.8 Å². The molecule has 5 unspecified atom stereocenters. The summed E-state index contributed by atoms with van der Waals surface area (Å²) in [5.74, 6) is 1.94. The molecule has 0 spiro atoms. The van der Waals surface area contributed by atoms with Crippen molar-refractivity contribution in [1.29, 1.82) is 0 Å². The van der Waals surface area contributed by atoms with E-state index in [1.54, 1.807) is 0 Å². The van der Waals surface area contributed by atoms with Gasteiger partial charge in [0.05, 0.1) is 5.92 Å². The van der Waals surface area contributed by atoms with Crippen LogP contribution in [0.15, 0.2) is 0 Å². The molecule has 2 heterocycles. The molecule has 3 rings (SSSR count). The van der Waals surface area contributed by atoms with Gasteiger partial charge in [0.15, 0.2) is 0 Å². The summed E-state index contributed by atoms with van der Waals surface area (Å²) in [7, 11) is 0. The van der Waals surface area contributed by atoms with Crippen LogP contribution in [0.25, 0.3) is 0 Å². The second kappa shape index (κ2) is 5.43. The summed E-state index contributed by atoms with van der Waals surface area (Å²) >= 11 is 0. The third kappa shape index (κ3) is 2.67. The highest BCUT2D eigenvalue weighted by atomic mass is 16.2. The van der Waals surface area contributed by atoms with Gasteiger partial charge in [0.2, 0.25) is 5.91 Å². The van der Waals surface area contributed by atoms with Crippen LogP contribution in [0.2, 0.25) is 0 Å². The fraction of sp³-hybridized carbons (Fsp3) is 0.938. The molecule has 3 heteroatoms. The summed E-state index contributed by atoms with van der Waals surface area (Å²) in [5, 5.41) is 6.97. The fourth-order valence-corrected chi connectivity index (χ4v) is 4.54. The summed E-state index contributed by atoms with van der Waals surface area (Å²) in [6.45, 7) is 4.60. The Hall–Kier alpha value is -0.570. The highest BCUT2D eigenvalue weighted by molar-refractivity contribution is 5.80. The summed E-state index contributed by atoms with van der Waals surface area (Å²) in [4.78, 5) is 12.5. The van der Waals surface area contributed by atoms with E-state index in [1.165, 1.54) is 38.5 Å². The first-order valence-electron chi connectivity index (χ1n) is 8.21. The lowest BCUT2D eigenvalue weighted by molar-refractivity contribution is -0.127. The van der Waals surface area contributed by atoms with Crippen molar-refractivity contribution in [2.45, 2.75) is 76.9 Å². The van der Waals surface area contributed by atoms with Gasteiger partial charge in [-0.1, -0.05) is 26.7 Å². The number of nitrogens with one attached hydrogen (secondary N) is 2. The topological polar surface area (TPSA) is 41.1 Å². The van der Waals surface area contributed by atoms with E-state index < -0.39 is 0 Å². The van der Waals surface area contributed by atoms with Gasteiger partial charge in [-0.2, -0.15) is 0 Å². The Morgan fingerprint density at radius 3 is 2.58 bits per heavy atom. The summed E-state index contributed by atoms with van der Waals surface area (Å²) < 4.78 is 0. The van der Waals surface area contributed by atoms with E-state index in [1.807, 2.05) is 0 Å². The molecule has 3 nitrogen and oxygen atoms in total. The molecule has 2 N–H and O–H groups in total. The first-order chi connectivity index (χ1) is 9.15. The van der Waals surface area contributed by atoms with Crippen molar-refractivity contribution < 1.29 is 4.79 Å². The van der Waals surface area contributed by atoms with Crippen LogP contribution in [0.4, 0.5) is 0 Å². The second-order valence-corrected chi connectivity index (χ2v) is 7.20. The van der Waals surface area contributed by atoms with Crippen molar-refractivity contribution in [3.8, 4) is 0 Å². The lowest BCUT2D eigenvalue weighted by Gasteiger charge is -2.36. The molecule has 1 aliphatic carbocycles. The Bertz CT molecular complexity index is 342. The van der Waals surface area contributed by atoms with Gasteiger partial charge in [0.1, 0.15) is 0 Å². The molecule has 5 atom stereocenters. The predicted octanol–water partition coefficient (Wildman–Crippen LogP) is 2.46. The smallest absolute Gasteiger partial charge is 0.224 e. The van der Waals surface area contributed by atoms with Crippen LogP contribution in [-0.4, -0.2) is 24.0 Å². The van der Waals surface area contributed by atoms with Crippen molar-refractivity contribution in [1.82, 2.24) is 10.6 Å². The van der Waals surface area contributed by atoms with Crippen LogP contribution in [0.1, 0.15) is 58.8 Å². The molecule has 19 heavy (non-hydrogen) atoms. The van der Waals surface area contributed by atoms with Crippen molar-refractivity contribution in [2.75, 3.05) is 0 Å². The Labute approximate surface area is 116 Å². The third-order valence-corrected chi connectivity index (χ3v) is 5.64. The molecule has 2 bridgehead atoms. The number of carbonyl (C=O) groups excluding carboxylic acids is 1. The Morgan fingerprint density at radius 2 is 1.95 bits per heavy atom. The molecule has 0 aromatic carbocycles. The lowest BCUT2D eigenvalue weighted by atomic mass is 9.77. The second-order valence-electron chi connectivity index (χ2n) is 7.20. The highest BCUT2D eigenvalue weighted by Crippen LogP contribution is 2.35. The molecular formula is C16H28N2O. The van der Waals surface area contributed by atoms with Gasteiger partial charge in [0.25, 0.3) is 0 Å². The molecule has 2 aliphatic heterocycles. The van der Waals surface area contributed by atoms with Gasteiger partial charge in [0, 0.05) is 18.1 Å². The third-order valence-electron chi connectivity index (χ3n) is 5.64.